The first-order valence-corrected chi connectivity index (χ1v) is 7.87. The highest BCUT2D eigenvalue weighted by Crippen LogP contribution is 2.34. The molecule has 4 heteroatoms. The zero-order chi connectivity index (χ0) is 10.3. The van der Waals surface area contributed by atoms with Crippen LogP contribution in [-0.4, -0.2) is 31.4 Å². The summed E-state index contributed by atoms with van der Waals surface area (Å²) in [7, 11) is -1.57. The number of carboxylic acid groups (broad SMARTS) is 1. The van der Waals surface area contributed by atoms with Crippen LogP contribution in [-0.2, 0) is 9.53 Å². The highest BCUT2D eigenvalue weighted by Gasteiger charge is 2.46. The fraction of sp³-hybridized carbons (Fsp3) is 0.667. The maximum absolute atomic E-state index is 11.0. The van der Waals surface area contributed by atoms with E-state index in [0.717, 1.165) is 5.20 Å². The van der Waals surface area contributed by atoms with E-state index in [2.05, 4.69) is 19.6 Å². The summed E-state index contributed by atoms with van der Waals surface area (Å²) in [6.45, 7) is 8.48. The Morgan fingerprint density at radius 2 is 2.15 bits per heavy atom. The number of hydrogen-bond donors (Lipinski definition) is 1. The first kappa shape index (κ1) is 10.5. The predicted molar refractivity (Wildman–Crippen MR) is 53.4 cm³/mol. The van der Waals surface area contributed by atoms with Crippen molar-refractivity contribution in [2.45, 2.75) is 32.2 Å². The Hall–Kier alpha value is -0.613. The number of hydrogen-bond acceptors (Lipinski definition) is 2. The van der Waals surface area contributed by atoms with Crippen LogP contribution in [0.2, 0.25) is 19.6 Å². The molecule has 0 aromatic carbocycles. The van der Waals surface area contributed by atoms with E-state index in [0.29, 0.717) is 6.61 Å². The predicted octanol–water partition coefficient (Wildman–Crippen LogP) is 1.66. The second-order valence-corrected chi connectivity index (χ2v) is 9.56. The largest absolute Gasteiger partial charge is 0.479 e. The van der Waals surface area contributed by atoms with Gasteiger partial charge in [0, 0.05) is 0 Å². The second kappa shape index (κ2) is 2.96. The molecular weight excluding hydrogens is 184 g/mol. The molecular formula is C9H16O3Si. The molecule has 1 atom stereocenters. The van der Waals surface area contributed by atoms with Crippen LogP contribution in [0.4, 0.5) is 0 Å². The standard InChI is InChI=1S/C9H16O3Si/c1-9(8(10)11)7(5-6-12-9)13(2,3)4/h5H,6H2,1-4H3,(H,10,11). The molecule has 0 aromatic heterocycles. The van der Waals surface area contributed by atoms with Crippen LogP contribution in [0.25, 0.3) is 0 Å². The van der Waals surface area contributed by atoms with Gasteiger partial charge in [0.05, 0.1) is 14.7 Å². The monoisotopic (exact) mass is 200 g/mol. The van der Waals surface area contributed by atoms with Gasteiger partial charge in [-0.3, -0.25) is 0 Å². The zero-order valence-electron chi connectivity index (χ0n) is 8.55. The number of aliphatic carboxylic acids is 1. The average molecular weight is 200 g/mol. The van der Waals surface area contributed by atoms with Gasteiger partial charge < -0.3 is 9.84 Å². The van der Waals surface area contributed by atoms with E-state index in [4.69, 9.17) is 9.84 Å². The van der Waals surface area contributed by atoms with E-state index in [9.17, 15) is 4.79 Å². The molecule has 0 radical (unpaired) electrons. The average Bonchev–Trinajstić information content (AvgIpc) is 2.31. The van der Waals surface area contributed by atoms with Gasteiger partial charge in [-0.05, 0) is 12.1 Å². The van der Waals surface area contributed by atoms with Crippen molar-refractivity contribution in [1.29, 1.82) is 0 Å². The summed E-state index contributed by atoms with van der Waals surface area (Å²) in [6, 6.07) is 0. The Kier molecular flexibility index (Phi) is 2.38. The lowest BCUT2D eigenvalue weighted by molar-refractivity contribution is -0.155. The van der Waals surface area contributed by atoms with Gasteiger partial charge in [-0.2, -0.15) is 0 Å². The fourth-order valence-corrected chi connectivity index (χ4v) is 4.07. The van der Waals surface area contributed by atoms with E-state index in [1.165, 1.54) is 0 Å². The van der Waals surface area contributed by atoms with Gasteiger partial charge in [0.1, 0.15) is 0 Å². The van der Waals surface area contributed by atoms with Gasteiger partial charge in [-0.25, -0.2) is 4.79 Å². The molecule has 1 aliphatic rings. The molecule has 1 rings (SSSR count). The van der Waals surface area contributed by atoms with Crippen molar-refractivity contribution in [3.63, 3.8) is 0 Å². The summed E-state index contributed by atoms with van der Waals surface area (Å²) >= 11 is 0. The Balaban J connectivity index is 3.05. The number of carbonyl (C=O) groups is 1. The van der Waals surface area contributed by atoms with Crippen LogP contribution in [0.15, 0.2) is 11.3 Å². The third-order valence-electron chi connectivity index (χ3n) is 2.39. The first-order chi connectivity index (χ1) is 5.78. The van der Waals surface area contributed by atoms with Crippen LogP contribution in [0.5, 0.6) is 0 Å². The Morgan fingerprint density at radius 1 is 1.62 bits per heavy atom. The molecule has 0 fully saturated rings. The summed E-state index contributed by atoms with van der Waals surface area (Å²) < 4.78 is 5.28. The van der Waals surface area contributed by atoms with Gasteiger partial charge in [-0.1, -0.05) is 25.7 Å². The van der Waals surface area contributed by atoms with Crippen LogP contribution >= 0.6 is 0 Å². The number of rotatable bonds is 2. The minimum absolute atomic E-state index is 0.433. The minimum atomic E-state index is -1.57. The molecule has 3 nitrogen and oxygen atoms in total. The van der Waals surface area contributed by atoms with E-state index in [1.54, 1.807) is 6.92 Å². The second-order valence-electron chi connectivity index (χ2n) is 4.52. The smallest absolute Gasteiger partial charge is 0.339 e. The maximum Gasteiger partial charge on any atom is 0.339 e. The third-order valence-corrected chi connectivity index (χ3v) is 4.69. The lowest BCUT2D eigenvalue weighted by atomic mass is 10.1. The first-order valence-electron chi connectivity index (χ1n) is 4.37. The quantitative estimate of drug-likeness (QED) is 0.690. The van der Waals surface area contributed by atoms with Gasteiger partial charge >= 0.3 is 5.97 Å². The molecule has 0 saturated heterocycles. The van der Waals surface area contributed by atoms with Crippen LogP contribution < -0.4 is 0 Å². The van der Waals surface area contributed by atoms with Gasteiger partial charge in [0.15, 0.2) is 5.60 Å². The lowest BCUT2D eigenvalue weighted by Crippen LogP contribution is -2.45. The van der Waals surface area contributed by atoms with Crippen molar-refractivity contribution in [2.75, 3.05) is 6.61 Å². The minimum Gasteiger partial charge on any atom is -0.479 e. The topological polar surface area (TPSA) is 46.5 Å². The Bertz CT molecular complexity index is 265. The molecule has 0 amide bonds. The molecule has 0 aliphatic carbocycles. The molecule has 1 N–H and O–H groups in total. The molecule has 13 heavy (non-hydrogen) atoms. The fourth-order valence-electron chi connectivity index (χ4n) is 1.76. The highest BCUT2D eigenvalue weighted by molar-refractivity contribution is 6.83. The summed E-state index contributed by atoms with van der Waals surface area (Å²) in [6.07, 6.45) is 1.93. The molecule has 1 unspecified atom stereocenters. The van der Waals surface area contributed by atoms with Crippen molar-refractivity contribution in [1.82, 2.24) is 0 Å². The summed E-state index contributed by atoms with van der Waals surface area (Å²) in [4.78, 5) is 11.0. The Morgan fingerprint density at radius 3 is 2.46 bits per heavy atom. The van der Waals surface area contributed by atoms with Crippen molar-refractivity contribution < 1.29 is 14.6 Å². The van der Waals surface area contributed by atoms with E-state index in [1.807, 2.05) is 6.08 Å². The SMILES string of the molecule is CC1(C(=O)O)OCC=C1[Si](C)(C)C. The number of ether oxygens (including phenoxy) is 1. The molecule has 0 spiro atoms. The van der Waals surface area contributed by atoms with E-state index >= 15 is 0 Å². The molecule has 1 aliphatic heterocycles. The van der Waals surface area contributed by atoms with Crippen molar-refractivity contribution in [3.05, 3.63) is 11.3 Å². The molecule has 74 valence electrons. The van der Waals surface area contributed by atoms with Gasteiger partial charge in [-0.15, -0.1) is 0 Å². The molecule has 0 aromatic rings. The van der Waals surface area contributed by atoms with Gasteiger partial charge in [0.25, 0.3) is 0 Å². The van der Waals surface area contributed by atoms with Crippen LogP contribution in [0, 0.1) is 0 Å². The van der Waals surface area contributed by atoms with Crippen molar-refractivity contribution in [2.24, 2.45) is 0 Å². The van der Waals surface area contributed by atoms with Crippen LogP contribution in [0.3, 0.4) is 0 Å². The normalized spacial score (nSPS) is 28.8. The maximum atomic E-state index is 11.0. The summed E-state index contributed by atoms with van der Waals surface area (Å²) in [5, 5.41) is 10.1. The summed E-state index contributed by atoms with van der Waals surface area (Å²) in [5.74, 6) is -0.876. The van der Waals surface area contributed by atoms with Gasteiger partial charge in [0.2, 0.25) is 0 Å². The number of carboxylic acids is 1. The third kappa shape index (κ3) is 1.69. The van der Waals surface area contributed by atoms with E-state index < -0.39 is 19.6 Å². The highest BCUT2D eigenvalue weighted by atomic mass is 28.3. The molecule has 1 heterocycles. The zero-order valence-corrected chi connectivity index (χ0v) is 9.55. The summed E-state index contributed by atoms with van der Waals surface area (Å²) in [5.41, 5.74) is -1.07. The van der Waals surface area contributed by atoms with Crippen molar-refractivity contribution >= 4 is 14.0 Å². The van der Waals surface area contributed by atoms with Crippen molar-refractivity contribution in [3.8, 4) is 0 Å². The molecule has 0 saturated carbocycles. The lowest BCUT2D eigenvalue weighted by Gasteiger charge is -2.30. The molecule has 0 bridgehead atoms. The Labute approximate surface area is 79.4 Å². The van der Waals surface area contributed by atoms with E-state index in [-0.39, 0.29) is 0 Å². The van der Waals surface area contributed by atoms with Crippen LogP contribution in [0.1, 0.15) is 6.92 Å².